The van der Waals surface area contributed by atoms with Gasteiger partial charge in [0.1, 0.15) is 5.75 Å². The van der Waals surface area contributed by atoms with Crippen LogP contribution in [0.1, 0.15) is 35.8 Å². The van der Waals surface area contributed by atoms with E-state index in [4.69, 9.17) is 16.3 Å². The molecule has 0 unspecified atom stereocenters. The molecule has 3 rings (SSSR count). The summed E-state index contributed by atoms with van der Waals surface area (Å²) in [6, 6.07) is 23.2. The van der Waals surface area contributed by atoms with Gasteiger partial charge < -0.3 is 15.4 Å². The number of amides is 2. The molecule has 3 aromatic rings. The van der Waals surface area contributed by atoms with Gasteiger partial charge in [-0.3, -0.25) is 9.59 Å². The van der Waals surface area contributed by atoms with Gasteiger partial charge in [0, 0.05) is 5.02 Å². The minimum atomic E-state index is -0.775. The van der Waals surface area contributed by atoms with Gasteiger partial charge in [-0.15, -0.1) is 0 Å². The molecule has 3 aromatic carbocycles. The molecule has 154 valence electrons. The van der Waals surface area contributed by atoms with Crippen molar-refractivity contribution in [1.82, 2.24) is 5.32 Å². The van der Waals surface area contributed by atoms with Gasteiger partial charge in [0.25, 0.3) is 11.8 Å². The molecule has 30 heavy (non-hydrogen) atoms. The van der Waals surface area contributed by atoms with Crippen LogP contribution in [0.5, 0.6) is 5.75 Å². The molecule has 0 aliphatic carbocycles. The molecule has 0 heterocycles. The molecule has 2 atom stereocenters. The first kappa shape index (κ1) is 21.4. The van der Waals surface area contributed by atoms with Crippen molar-refractivity contribution in [3.8, 4) is 5.75 Å². The van der Waals surface area contributed by atoms with E-state index in [-0.39, 0.29) is 17.9 Å². The molecular weight excluding hydrogens is 400 g/mol. The Kier molecular flexibility index (Phi) is 7.09. The fraction of sp³-hybridized carbons (Fsp3) is 0.167. The Morgan fingerprint density at radius 1 is 0.900 bits per heavy atom. The van der Waals surface area contributed by atoms with Gasteiger partial charge in [0.2, 0.25) is 0 Å². The normalized spacial score (nSPS) is 12.5. The van der Waals surface area contributed by atoms with E-state index in [1.54, 1.807) is 55.5 Å². The fourth-order valence-corrected chi connectivity index (χ4v) is 3.10. The number of halogens is 1. The summed E-state index contributed by atoms with van der Waals surface area (Å²) < 4.78 is 5.65. The number of nitrogens with one attached hydrogen (secondary N) is 2. The van der Waals surface area contributed by atoms with Gasteiger partial charge in [0.15, 0.2) is 6.10 Å². The summed E-state index contributed by atoms with van der Waals surface area (Å²) >= 11 is 5.95. The maximum Gasteiger partial charge on any atom is 0.265 e. The van der Waals surface area contributed by atoms with Gasteiger partial charge in [-0.05, 0) is 49.7 Å². The van der Waals surface area contributed by atoms with Crippen molar-refractivity contribution in [3.05, 3.63) is 95.0 Å². The molecule has 6 heteroatoms. The Hall–Kier alpha value is -3.31. The number of para-hydroxylation sites is 1. The van der Waals surface area contributed by atoms with Crippen molar-refractivity contribution >= 4 is 29.1 Å². The summed E-state index contributed by atoms with van der Waals surface area (Å²) in [4.78, 5) is 25.4. The number of benzene rings is 3. The maximum absolute atomic E-state index is 12.8. The topological polar surface area (TPSA) is 67.4 Å². The zero-order valence-corrected chi connectivity index (χ0v) is 17.5. The van der Waals surface area contributed by atoms with Crippen molar-refractivity contribution < 1.29 is 14.3 Å². The smallest absolute Gasteiger partial charge is 0.265 e. The first-order valence-electron chi connectivity index (χ1n) is 9.62. The number of carbonyl (C=O) groups is 2. The average molecular weight is 423 g/mol. The highest BCUT2D eigenvalue weighted by Crippen LogP contribution is 2.21. The number of rotatable bonds is 7. The van der Waals surface area contributed by atoms with Crippen LogP contribution in [0.3, 0.4) is 0 Å². The number of anilines is 1. The van der Waals surface area contributed by atoms with Crippen molar-refractivity contribution in [2.45, 2.75) is 26.0 Å². The van der Waals surface area contributed by atoms with E-state index in [9.17, 15) is 9.59 Å². The predicted molar refractivity (Wildman–Crippen MR) is 119 cm³/mol. The highest BCUT2D eigenvalue weighted by Gasteiger charge is 2.19. The molecule has 0 bridgehead atoms. The molecule has 0 spiro atoms. The van der Waals surface area contributed by atoms with Crippen LogP contribution in [-0.2, 0) is 4.79 Å². The molecule has 0 aliphatic rings. The van der Waals surface area contributed by atoms with Crippen LogP contribution in [0.2, 0.25) is 5.02 Å². The zero-order chi connectivity index (χ0) is 21.5. The molecule has 0 aliphatic heterocycles. The molecule has 0 fully saturated rings. The fourth-order valence-electron chi connectivity index (χ4n) is 2.92. The highest BCUT2D eigenvalue weighted by molar-refractivity contribution is 6.30. The molecule has 0 saturated heterocycles. The van der Waals surface area contributed by atoms with Crippen molar-refractivity contribution in [1.29, 1.82) is 0 Å². The highest BCUT2D eigenvalue weighted by atomic mass is 35.5. The van der Waals surface area contributed by atoms with E-state index in [1.165, 1.54) is 0 Å². The Balaban J connectivity index is 1.68. The summed E-state index contributed by atoms with van der Waals surface area (Å²) in [6.07, 6.45) is -0.775. The summed E-state index contributed by atoms with van der Waals surface area (Å²) in [6.45, 7) is 3.55. The first-order chi connectivity index (χ1) is 14.4. The third-order valence-electron chi connectivity index (χ3n) is 4.55. The molecule has 2 amide bonds. The van der Waals surface area contributed by atoms with Gasteiger partial charge >= 0.3 is 0 Å². The summed E-state index contributed by atoms with van der Waals surface area (Å²) in [5.41, 5.74) is 1.79. The quantitative estimate of drug-likeness (QED) is 0.547. The molecule has 0 aromatic heterocycles. The first-order valence-corrected chi connectivity index (χ1v) is 10.00. The van der Waals surface area contributed by atoms with Crippen LogP contribution in [0.4, 0.5) is 5.69 Å². The van der Waals surface area contributed by atoms with Gasteiger partial charge in [-0.25, -0.2) is 0 Å². The Morgan fingerprint density at radius 2 is 1.60 bits per heavy atom. The number of ether oxygens (including phenoxy) is 1. The van der Waals surface area contributed by atoms with Gasteiger partial charge in [-0.1, -0.05) is 60.1 Å². The minimum Gasteiger partial charge on any atom is -0.481 e. The van der Waals surface area contributed by atoms with Crippen LogP contribution in [-0.4, -0.2) is 17.9 Å². The van der Waals surface area contributed by atoms with E-state index in [0.717, 1.165) is 5.56 Å². The maximum atomic E-state index is 12.8. The lowest BCUT2D eigenvalue weighted by molar-refractivity contribution is -0.122. The lowest BCUT2D eigenvalue weighted by Crippen LogP contribution is -2.32. The minimum absolute atomic E-state index is 0.174. The molecular formula is C24H23ClN2O3. The van der Waals surface area contributed by atoms with Crippen molar-refractivity contribution in [2.24, 2.45) is 0 Å². The number of hydrogen-bond donors (Lipinski definition) is 2. The lowest BCUT2D eigenvalue weighted by Gasteiger charge is -2.18. The largest absolute Gasteiger partial charge is 0.481 e. The number of hydrogen-bond acceptors (Lipinski definition) is 3. The average Bonchev–Trinajstić information content (AvgIpc) is 2.74. The Labute approximate surface area is 181 Å². The second-order valence-electron chi connectivity index (χ2n) is 6.86. The van der Waals surface area contributed by atoms with Crippen LogP contribution < -0.4 is 15.4 Å². The summed E-state index contributed by atoms with van der Waals surface area (Å²) in [7, 11) is 0. The SMILES string of the molecule is C[C@@H](Oc1cccc(Cl)c1)C(=O)Nc1ccccc1C(=O)N[C@H](C)c1ccccc1. The van der Waals surface area contributed by atoms with Crippen LogP contribution in [0.15, 0.2) is 78.9 Å². The van der Waals surface area contributed by atoms with E-state index in [0.29, 0.717) is 22.0 Å². The predicted octanol–water partition coefficient (Wildman–Crippen LogP) is 5.24. The Bertz CT molecular complexity index is 1020. The standard InChI is InChI=1S/C24H23ClN2O3/c1-16(18-9-4-3-5-10-18)26-24(29)21-13-6-7-14-22(21)27-23(28)17(2)30-20-12-8-11-19(25)15-20/h3-17H,1-2H3,(H,26,29)(H,27,28)/t16-,17-/m1/s1. The number of carbonyl (C=O) groups excluding carboxylic acids is 2. The van der Waals surface area contributed by atoms with E-state index in [1.807, 2.05) is 37.3 Å². The third kappa shape index (κ3) is 5.61. The molecule has 2 N–H and O–H groups in total. The second kappa shape index (κ2) is 9.94. The van der Waals surface area contributed by atoms with Crippen LogP contribution >= 0.6 is 11.6 Å². The Morgan fingerprint density at radius 3 is 2.33 bits per heavy atom. The lowest BCUT2D eigenvalue weighted by atomic mass is 10.1. The van der Waals surface area contributed by atoms with E-state index >= 15 is 0 Å². The van der Waals surface area contributed by atoms with Crippen molar-refractivity contribution in [2.75, 3.05) is 5.32 Å². The molecule has 0 radical (unpaired) electrons. The van der Waals surface area contributed by atoms with Crippen LogP contribution in [0, 0.1) is 0 Å². The zero-order valence-electron chi connectivity index (χ0n) is 16.8. The second-order valence-corrected chi connectivity index (χ2v) is 7.29. The summed E-state index contributed by atoms with van der Waals surface area (Å²) in [5.74, 6) is -0.148. The third-order valence-corrected chi connectivity index (χ3v) is 4.79. The molecule has 5 nitrogen and oxygen atoms in total. The van der Waals surface area contributed by atoms with Gasteiger partial charge in [-0.2, -0.15) is 0 Å². The van der Waals surface area contributed by atoms with Gasteiger partial charge in [0.05, 0.1) is 17.3 Å². The van der Waals surface area contributed by atoms with E-state index in [2.05, 4.69) is 10.6 Å². The van der Waals surface area contributed by atoms with Crippen molar-refractivity contribution in [3.63, 3.8) is 0 Å². The van der Waals surface area contributed by atoms with Crippen LogP contribution in [0.25, 0.3) is 0 Å². The van der Waals surface area contributed by atoms with E-state index < -0.39 is 6.10 Å². The monoisotopic (exact) mass is 422 g/mol. The molecule has 0 saturated carbocycles. The summed E-state index contributed by atoms with van der Waals surface area (Å²) in [5, 5.41) is 6.27.